The molecule has 1 unspecified atom stereocenters. The summed E-state index contributed by atoms with van der Waals surface area (Å²) in [4.78, 5) is 34.0. The molecule has 0 spiro atoms. The van der Waals surface area contributed by atoms with Crippen LogP contribution in [0.1, 0.15) is 6.92 Å². The van der Waals surface area contributed by atoms with Gasteiger partial charge in [0.05, 0.1) is 24.5 Å². The topological polar surface area (TPSA) is 90.0 Å². The molecule has 0 aliphatic heterocycles. The molecule has 3 aromatic rings. The maximum Gasteiger partial charge on any atom is 0.333 e. The predicted molar refractivity (Wildman–Crippen MR) is 95.4 cm³/mol. The average Bonchev–Trinajstić information content (AvgIpc) is 2.62. The SMILES string of the molecule is C=CCn1c(=O)n(CC(C)O)c(=O)c2ncc(-c3ccccc3)nc21. The Kier molecular flexibility index (Phi) is 4.58. The van der Waals surface area contributed by atoms with Crippen LogP contribution in [0.5, 0.6) is 0 Å². The lowest BCUT2D eigenvalue weighted by Gasteiger charge is -2.13. The first kappa shape index (κ1) is 16.8. The van der Waals surface area contributed by atoms with Gasteiger partial charge in [-0.05, 0) is 6.92 Å². The van der Waals surface area contributed by atoms with Crippen molar-refractivity contribution in [2.45, 2.75) is 26.1 Å². The minimum Gasteiger partial charge on any atom is -0.392 e. The molecule has 0 radical (unpaired) electrons. The monoisotopic (exact) mass is 338 g/mol. The Morgan fingerprint density at radius 3 is 2.60 bits per heavy atom. The summed E-state index contributed by atoms with van der Waals surface area (Å²) in [5.41, 5.74) is 0.590. The fourth-order valence-corrected chi connectivity index (χ4v) is 2.64. The van der Waals surface area contributed by atoms with Crippen molar-refractivity contribution < 1.29 is 5.11 Å². The van der Waals surface area contributed by atoms with E-state index in [0.717, 1.165) is 10.1 Å². The second-order valence-corrected chi connectivity index (χ2v) is 5.74. The molecule has 0 bridgehead atoms. The van der Waals surface area contributed by atoms with E-state index in [-0.39, 0.29) is 24.3 Å². The van der Waals surface area contributed by atoms with Crippen LogP contribution in [0, 0.1) is 0 Å². The Balaban J connectivity index is 2.33. The van der Waals surface area contributed by atoms with Crippen LogP contribution in [-0.2, 0) is 13.1 Å². The van der Waals surface area contributed by atoms with E-state index in [4.69, 9.17) is 0 Å². The molecule has 128 valence electrons. The second-order valence-electron chi connectivity index (χ2n) is 5.74. The van der Waals surface area contributed by atoms with E-state index in [0.29, 0.717) is 5.69 Å². The highest BCUT2D eigenvalue weighted by molar-refractivity contribution is 5.73. The fourth-order valence-electron chi connectivity index (χ4n) is 2.64. The molecule has 7 heteroatoms. The lowest BCUT2D eigenvalue weighted by atomic mass is 10.2. The Labute approximate surface area is 143 Å². The van der Waals surface area contributed by atoms with Crippen LogP contribution in [0.2, 0.25) is 0 Å². The summed E-state index contributed by atoms with van der Waals surface area (Å²) in [5, 5.41) is 9.58. The zero-order valence-corrected chi connectivity index (χ0v) is 13.8. The van der Waals surface area contributed by atoms with E-state index in [9.17, 15) is 14.7 Å². The van der Waals surface area contributed by atoms with Gasteiger partial charge in [-0.25, -0.2) is 14.8 Å². The van der Waals surface area contributed by atoms with Gasteiger partial charge in [-0.3, -0.25) is 13.9 Å². The Morgan fingerprint density at radius 1 is 1.24 bits per heavy atom. The number of nitrogens with zero attached hydrogens (tertiary/aromatic N) is 4. The molecule has 7 nitrogen and oxygen atoms in total. The summed E-state index contributed by atoms with van der Waals surface area (Å²) >= 11 is 0. The van der Waals surface area contributed by atoms with Crippen LogP contribution in [0.3, 0.4) is 0 Å². The van der Waals surface area contributed by atoms with Crippen molar-refractivity contribution in [1.82, 2.24) is 19.1 Å². The number of hydrogen-bond acceptors (Lipinski definition) is 5. The summed E-state index contributed by atoms with van der Waals surface area (Å²) in [6, 6.07) is 9.39. The number of aliphatic hydroxyl groups excluding tert-OH is 1. The van der Waals surface area contributed by atoms with Crippen molar-refractivity contribution >= 4 is 11.2 Å². The van der Waals surface area contributed by atoms with Gasteiger partial charge in [0, 0.05) is 12.1 Å². The molecular weight excluding hydrogens is 320 g/mol. The quantitative estimate of drug-likeness (QED) is 0.706. The van der Waals surface area contributed by atoms with Crippen molar-refractivity contribution in [3.63, 3.8) is 0 Å². The zero-order chi connectivity index (χ0) is 18.0. The van der Waals surface area contributed by atoms with Crippen molar-refractivity contribution in [1.29, 1.82) is 0 Å². The lowest BCUT2D eigenvalue weighted by molar-refractivity contribution is 0.169. The van der Waals surface area contributed by atoms with E-state index in [1.807, 2.05) is 30.3 Å². The number of aromatic nitrogens is 4. The summed E-state index contributed by atoms with van der Waals surface area (Å²) in [6.07, 6.45) is 2.22. The van der Waals surface area contributed by atoms with Crippen molar-refractivity contribution in [2.24, 2.45) is 0 Å². The first-order valence-corrected chi connectivity index (χ1v) is 7.87. The van der Waals surface area contributed by atoms with Crippen molar-refractivity contribution in [3.8, 4) is 11.3 Å². The van der Waals surface area contributed by atoms with E-state index in [2.05, 4.69) is 16.5 Å². The third-order valence-corrected chi connectivity index (χ3v) is 3.75. The minimum atomic E-state index is -0.836. The summed E-state index contributed by atoms with van der Waals surface area (Å²) in [5.74, 6) is 0. The lowest BCUT2D eigenvalue weighted by Crippen LogP contribution is -2.42. The molecule has 3 rings (SSSR count). The molecule has 0 aliphatic carbocycles. The smallest absolute Gasteiger partial charge is 0.333 e. The minimum absolute atomic E-state index is 0.0850. The van der Waals surface area contributed by atoms with E-state index in [1.165, 1.54) is 17.7 Å². The fraction of sp³-hybridized carbons (Fsp3) is 0.222. The normalized spacial score (nSPS) is 12.2. The highest BCUT2D eigenvalue weighted by Crippen LogP contribution is 2.17. The van der Waals surface area contributed by atoms with Crippen LogP contribution >= 0.6 is 0 Å². The second kappa shape index (κ2) is 6.82. The van der Waals surface area contributed by atoms with E-state index < -0.39 is 17.4 Å². The number of benzene rings is 1. The van der Waals surface area contributed by atoms with Crippen molar-refractivity contribution in [2.75, 3.05) is 0 Å². The van der Waals surface area contributed by atoms with Gasteiger partial charge in [0.15, 0.2) is 11.2 Å². The first-order valence-electron chi connectivity index (χ1n) is 7.87. The van der Waals surface area contributed by atoms with Gasteiger partial charge in [-0.15, -0.1) is 6.58 Å². The van der Waals surface area contributed by atoms with Gasteiger partial charge >= 0.3 is 5.69 Å². The van der Waals surface area contributed by atoms with E-state index >= 15 is 0 Å². The van der Waals surface area contributed by atoms with Crippen LogP contribution in [-0.4, -0.2) is 30.3 Å². The number of rotatable bonds is 5. The molecule has 2 aromatic heterocycles. The standard InChI is InChI=1S/C18H18N4O3/c1-3-9-21-16-15(17(24)22(18(21)25)11-12(2)23)19-10-14(20-16)13-7-5-4-6-8-13/h3-8,10,12,23H,1,9,11H2,2H3. The molecular formula is C18H18N4O3. The highest BCUT2D eigenvalue weighted by atomic mass is 16.3. The van der Waals surface area contributed by atoms with Gasteiger partial charge in [0.2, 0.25) is 0 Å². The van der Waals surface area contributed by atoms with Crippen LogP contribution in [0.4, 0.5) is 0 Å². The molecule has 0 fully saturated rings. The molecule has 0 amide bonds. The molecule has 1 atom stereocenters. The third kappa shape index (κ3) is 3.14. The van der Waals surface area contributed by atoms with Crippen LogP contribution in [0.25, 0.3) is 22.4 Å². The van der Waals surface area contributed by atoms with Gasteiger partial charge < -0.3 is 5.11 Å². The van der Waals surface area contributed by atoms with Gasteiger partial charge in [-0.1, -0.05) is 36.4 Å². The molecule has 0 saturated heterocycles. The number of aliphatic hydroxyl groups is 1. The number of allylic oxidation sites excluding steroid dienone is 1. The Hall–Kier alpha value is -3.06. The van der Waals surface area contributed by atoms with Gasteiger partial charge in [0.25, 0.3) is 5.56 Å². The molecule has 1 aromatic carbocycles. The molecule has 1 N–H and O–H groups in total. The summed E-state index contributed by atoms with van der Waals surface area (Å²) < 4.78 is 2.32. The predicted octanol–water partition coefficient (Wildman–Crippen LogP) is 1.19. The average molecular weight is 338 g/mol. The van der Waals surface area contributed by atoms with Gasteiger partial charge in [-0.2, -0.15) is 0 Å². The Morgan fingerprint density at radius 2 is 1.96 bits per heavy atom. The van der Waals surface area contributed by atoms with Crippen LogP contribution in [0.15, 0.2) is 58.8 Å². The largest absolute Gasteiger partial charge is 0.392 e. The van der Waals surface area contributed by atoms with Crippen LogP contribution < -0.4 is 11.2 Å². The molecule has 0 aliphatic rings. The summed E-state index contributed by atoms with van der Waals surface area (Å²) in [7, 11) is 0. The highest BCUT2D eigenvalue weighted by Gasteiger charge is 2.16. The zero-order valence-electron chi connectivity index (χ0n) is 13.8. The maximum absolute atomic E-state index is 12.7. The Bertz CT molecular complexity index is 1040. The molecule has 0 saturated carbocycles. The van der Waals surface area contributed by atoms with E-state index in [1.54, 1.807) is 6.08 Å². The van der Waals surface area contributed by atoms with Crippen molar-refractivity contribution in [3.05, 3.63) is 70.0 Å². The third-order valence-electron chi connectivity index (χ3n) is 3.75. The number of hydrogen-bond donors (Lipinski definition) is 1. The maximum atomic E-state index is 12.7. The molecule has 25 heavy (non-hydrogen) atoms. The van der Waals surface area contributed by atoms with Gasteiger partial charge in [0.1, 0.15) is 0 Å². The summed E-state index contributed by atoms with van der Waals surface area (Å²) in [6.45, 7) is 5.24. The first-order chi connectivity index (χ1) is 12.0. The molecule has 2 heterocycles. The number of fused-ring (bicyclic) bond motifs is 1.